The quantitative estimate of drug-likeness (QED) is 0.831. The number of carbonyl (C=O) groups excluding carboxylic acids is 1. The van der Waals surface area contributed by atoms with Crippen LogP contribution in [0.5, 0.6) is 5.75 Å². The van der Waals surface area contributed by atoms with E-state index in [-0.39, 0.29) is 5.91 Å². The smallest absolute Gasteiger partial charge is 0.223 e. The molecule has 82 valence electrons. The maximum atomic E-state index is 11.1. The maximum absolute atomic E-state index is 11.1. The maximum Gasteiger partial charge on any atom is 0.223 e. The van der Waals surface area contributed by atoms with Gasteiger partial charge < -0.3 is 10.1 Å². The molecule has 0 aliphatic heterocycles. The molecule has 0 unspecified atom stereocenters. The second-order valence-corrected chi connectivity index (χ2v) is 3.60. The molecule has 1 aromatic rings. The number of hydrogen-bond acceptors (Lipinski definition) is 3. The topological polar surface area (TPSA) is 51.2 Å². The van der Waals surface area contributed by atoms with E-state index < -0.39 is 0 Å². The van der Waals surface area contributed by atoms with Gasteiger partial charge in [0.1, 0.15) is 4.60 Å². The molecule has 0 aliphatic rings. The van der Waals surface area contributed by atoms with E-state index in [1.807, 2.05) is 6.92 Å². The molecule has 1 rings (SSSR count). The van der Waals surface area contributed by atoms with Crippen molar-refractivity contribution in [3.05, 3.63) is 22.9 Å². The summed E-state index contributed by atoms with van der Waals surface area (Å²) in [7, 11) is 0. The molecule has 5 heteroatoms. The average Bonchev–Trinajstić information content (AvgIpc) is 2.21. The molecule has 0 aromatic carbocycles. The van der Waals surface area contributed by atoms with Gasteiger partial charge in [0, 0.05) is 12.7 Å². The number of rotatable bonds is 5. The molecule has 1 N–H and O–H groups in total. The molecule has 0 fully saturated rings. The van der Waals surface area contributed by atoms with Gasteiger partial charge in [0.15, 0.2) is 5.75 Å². The number of hydrogen-bond donors (Lipinski definition) is 1. The highest BCUT2D eigenvalue weighted by Crippen LogP contribution is 2.20. The Labute approximate surface area is 97.2 Å². The third kappa shape index (κ3) is 4.29. The van der Waals surface area contributed by atoms with Crippen molar-refractivity contribution >= 4 is 21.8 Å². The molecule has 1 heterocycles. The Hall–Kier alpha value is -1.10. The number of carbonyl (C=O) groups is 1. The van der Waals surface area contributed by atoms with E-state index in [9.17, 15) is 4.79 Å². The molecule has 0 atom stereocenters. The fourth-order valence-corrected chi connectivity index (χ4v) is 1.38. The molecule has 1 amide bonds. The van der Waals surface area contributed by atoms with Crippen LogP contribution in [-0.2, 0) is 4.79 Å². The molecule has 0 aliphatic carbocycles. The summed E-state index contributed by atoms with van der Waals surface area (Å²) in [6.45, 7) is 2.89. The van der Waals surface area contributed by atoms with Crippen molar-refractivity contribution in [1.82, 2.24) is 10.3 Å². The van der Waals surface area contributed by atoms with Gasteiger partial charge in [-0.1, -0.05) is 0 Å². The van der Waals surface area contributed by atoms with Crippen LogP contribution in [0.3, 0.4) is 0 Å². The Bertz CT molecular complexity index is 331. The van der Waals surface area contributed by atoms with E-state index in [0.717, 1.165) is 0 Å². The van der Waals surface area contributed by atoms with Crippen LogP contribution in [0.25, 0.3) is 0 Å². The van der Waals surface area contributed by atoms with Crippen LogP contribution in [0.1, 0.15) is 13.3 Å². The number of ether oxygens (including phenoxy) is 1. The predicted octanol–water partition coefficient (Wildman–Crippen LogP) is 1.75. The molecule has 4 nitrogen and oxygen atoms in total. The van der Waals surface area contributed by atoms with Gasteiger partial charge in [-0.2, -0.15) is 0 Å². The average molecular weight is 273 g/mol. The van der Waals surface area contributed by atoms with Crippen LogP contribution in [0, 0.1) is 0 Å². The Morgan fingerprint density at radius 3 is 3.13 bits per heavy atom. The van der Waals surface area contributed by atoms with E-state index in [2.05, 4.69) is 26.2 Å². The van der Waals surface area contributed by atoms with E-state index in [4.69, 9.17) is 4.74 Å². The highest BCUT2D eigenvalue weighted by molar-refractivity contribution is 9.10. The first-order chi connectivity index (χ1) is 7.24. The van der Waals surface area contributed by atoms with Gasteiger partial charge in [0.2, 0.25) is 5.91 Å². The van der Waals surface area contributed by atoms with Gasteiger partial charge in [0.25, 0.3) is 0 Å². The molecular formula is C10H13BrN2O2. The highest BCUT2D eigenvalue weighted by Gasteiger charge is 2.03. The van der Waals surface area contributed by atoms with Gasteiger partial charge >= 0.3 is 0 Å². The van der Waals surface area contributed by atoms with Crippen molar-refractivity contribution in [3.8, 4) is 5.75 Å². The third-order valence-corrected chi connectivity index (χ3v) is 2.28. The SMILES string of the molecule is CCNC(=O)CCOc1cccnc1Br. The van der Waals surface area contributed by atoms with E-state index in [0.29, 0.717) is 29.9 Å². The van der Waals surface area contributed by atoms with Crippen molar-refractivity contribution in [3.63, 3.8) is 0 Å². The molecule has 0 saturated carbocycles. The Morgan fingerprint density at radius 1 is 1.67 bits per heavy atom. The predicted molar refractivity (Wildman–Crippen MR) is 60.7 cm³/mol. The van der Waals surface area contributed by atoms with Crippen molar-refractivity contribution in [2.45, 2.75) is 13.3 Å². The Morgan fingerprint density at radius 2 is 2.47 bits per heavy atom. The lowest BCUT2D eigenvalue weighted by Crippen LogP contribution is -2.24. The molecule has 15 heavy (non-hydrogen) atoms. The second-order valence-electron chi connectivity index (χ2n) is 2.84. The Kier molecular flexibility index (Phi) is 5.10. The zero-order chi connectivity index (χ0) is 11.1. The van der Waals surface area contributed by atoms with Gasteiger partial charge in [0.05, 0.1) is 13.0 Å². The van der Waals surface area contributed by atoms with Crippen molar-refractivity contribution in [2.75, 3.05) is 13.2 Å². The zero-order valence-electron chi connectivity index (χ0n) is 8.50. The van der Waals surface area contributed by atoms with Crippen LogP contribution < -0.4 is 10.1 Å². The van der Waals surface area contributed by atoms with Gasteiger partial charge in [-0.05, 0) is 35.0 Å². The minimum atomic E-state index is -0.00230. The number of amides is 1. The fourth-order valence-electron chi connectivity index (χ4n) is 1.02. The minimum absolute atomic E-state index is 0.00230. The largest absolute Gasteiger partial charge is 0.490 e. The highest BCUT2D eigenvalue weighted by atomic mass is 79.9. The second kappa shape index (κ2) is 6.40. The summed E-state index contributed by atoms with van der Waals surface area (Å²) in [5, 5.41) is 2.70. The van der Waals surface area contributed by atoms with Crippen LogP contribution in [0.2, 0.25) is 0 Å². The number of aromatic nitrogens is 1. The molecule has 1 aromatic heterocycles. The summed E-state index contributed by atoms with van der Waals surface area (Å²) in [6.07, 6.45) is 2.02. The summed E-state index contributed by atoms with van der Waals surface area (Å²) < 4.78 is 6.04. The fraction of sp³-hybridized carbons (Fsp3) is 0.400. The number of pyridine rings is 1. The summed E-state index contributed by atoms with van der Waals surface area (Å²) in [5.41, 5.74) is 0. The normalized spacial score (nSPS) is 9.73. The minimum Gasteiger partial charge on any atom is -0.490 e. The lowest BCUT2D eigenvalue weighted by atomic mass is 10.4. The van der Waals surface area contributed by atoms with Crippen LogP contribution in [-0.4, -0.2) is 24.0 Å². The first-order valence-corrected chi connectivity index (χ1v) is 5.53. The molecular weight excluding hydrogens is 260 g/mol. The first-order valence-electron chi connectivity index (χ1n) is 4.74. The number of halogens is 1. The first kappa shape index (κ1) is 12.0. The van der Waals surface area contributed by atoms with Crippen molar-refractivity contribution < 1.29 is 9.53 Å². The monoisotopic (exact) mass is 272 g/mol. The van der Waals surface area contributed by atoms with E-state index in [1.165, 1.54) is 0 Å². The van der Waals surface area contributed by atoms with Gasteiger partial charge in [-0.25, -0.2) is 4.98 Å². The zero-order valence-corrected chi connectivity index (χ0v) is 10.1. The summed E-state index contributed by atoms with van der Waals surface area (Å²) >= 11 is 3.26. The van der Waals surface area contributed by atoms with Gasteiger partial charge in [-0.15, -0.1) is 0 Å². The van der Waals surface area contributed by atoms with Crippen molar-refractivity contribution in [2.24, 2.45) is 0 Å². The summed E-state index contributed by atoms with van der Waals surface area (Å²) in [5.74, 6) is 0.652. The van der Waals surface area contributed by atoms with Crippen LogP contribution in [0.15, 0.2) is 22.9 Å². The summed E-state index contributed by atoms with van der Waals surface area (Å²) in [4.78, 5) is 15.1. The molecule has 0 radical (unpaired) electrons. The molecule has 0 saturated heterocycles. The molecule has 0 bridgehead atoms. The van der Waals surface area contributed by atoms with Crippen LogP contribution >= 0.6 is 15.9 Å². The lowest BCUT2D eigenvalue weighted by Gasteiger charge is -2.06. The number of nitrogens with zero attached hydrogens (tertiary/aromatic N) is 1. The van der Waals surface area contributed by atoms with Gasteiger partial charge in [-0.3, -0.25) is 4.79 Å². The van der Waals surface area contributed by atoms with E-state index >= 15 is 0 Å². The summed E-state index contributed by atoms with van der Waals surface area (Å²) in [6, 6.07) is 3.58. The lowest BCUT2D eigenvalue weighted by molar-refractivity contribution is -0.121. The molecule has 0 spiro atoms. The van der Waals surface area contributed by atoms with Crippen molar-refractivity contribution in [1.29, 1.82) is 0 Å². The number of nitrogens with one attached hydrogen (secondary N) is 1. The Balaban J connectivity index is 2.32. The van der Waals surface area contributed by atoms with E-state index in [1.54, 1.807) is 18.3 Å². The van der Waals surface area contributed by atoms with Crippen LogP contribution in [0.4, 0.5) is 0 Å². The third-order valence-electron chi connectivity index (χ3n) is 1.69. The standard InChI is InChI=1S/C10H13BrN2O2/c1-2-12-9(14)5-7-15-8-4-3-6-13-10(8)11/h3-4,6H,2,5,7H2,1H3,(H,12,14).